The van der Waals surface area contributed by atoms with Gasteiger partial charge in [0.25, 0.3) is 5.56 Å². The minimum Gasteiger partial charge on any atom is -0.496 e. The number of benzene rings is 2. The Morgan fingerprint density at radius 2 is 1.75 bits per heavy atom. The number of ether oxygens (including phenoxy) is 1. The van der Waals surface area contributed by atoms with Gasteiger partial charge in [0, 0.05) is 23.7 Å². The van der Waals surface area contributed by atoms with E-state index in [-0.39, 0.29) is 5.56 Å². The molecule has 8 nitrogen and oxygen atoms in total. The molecule has 0 aliphatic heterocycles. The maximum absolute atomic E-state index is 13.5. The molecule has 9 heteroatoms. The summed E-state index contributed by atoms with van der Waals surface area (Å²) in [4.78, 5) is 13.5. The summed E-state index contributed by atoms with van der Waals surface area (Å²) in [6.45, 7) is 0.295. The number of hydrogen-bond donors (Lipinski definition) is 0. The van der Waals surface area contributed by atoms with E-state index < -0.39 is 0 Å². The second-order valence-corrected chi connectivity index (χ2v) is 9.20. The van der Waals surface area contributed by atoms with E-state index in [1.54, 1.807) is 11.7 Å². The molecule has 2 aromatic carbocycles. The topological polar surface area (TPSA) is 89.6 Å². The average molecular weight is 493 g/mol. The van der Waals surface area contributed by atoms with Gasteiger partial charge in [-0.3, -0.25) is 13.8 Å². The molecule has 0 amide bonds. The van der Waals surface area contributed by atoms with Crippen LogP contribution in [0.3, 0.4) is 0 Å². The maximum Gasteiger partial charge on any atom is 0.263 e. The summed E-state index contributed by atoms with van der Waals surface area (Å²) in [6, 6.07) is 23.2. The highest BCUT2D eigenvalue weighted by molar-refractivity contribution is 7.98. The number of methoxy groups -OCH3 is 1. The largest absolute Gasteiger partial charge is 0.496 e. The Labute approximate surface area is 210 Å². The predicted octanol–water partition coefficient (Wildman–Crippen LogP) is 4.52. The van der Waals surface area contributed by atoms with Crippen molar-refractivity contribution >= 4 is 34.0 Å². The van der Waals surface area contributed by atoms with E-state index in [0.29, 0.717) is 39.9 Å². The normalized spacial score (nSPS) is 11.3. The minimum atomic E-state index is -0.140. The Morgan fingerprint density at radius 1 is 0.972 bits per heavy atom. The highest BCUT2D eigenvalue weighted by Gasteiger charge is 2.19. The van der Waals surface area contributed by atoms with Gasteiger partial charge >= 0.3 is 0 Å². The highest BCUT2D eigenvalue weighted by Crippen LogP contribution is 2.28. The standard InChI is InChI=1S/C27H20N6O2S/c1-35-24-12-5-2-8-18(24)16-32-25(34)20-9-3-4-11-23(20)33-26(32)29-30-27(33)36-17-19-15-31-13-7-6-10-22(31)21(19)14-28/h2-13,15H,16-17H2,1H3. The number of pyridine rings is 1. The van der Waals surface area contributed by atoms with Crippen LogP contribution in [0.25, 0.3) is 22.2 Å². The molecule has 0 atom stereocenters. The van der Waals surface area contributed by atoms with Crippen molar-refractivity contribution in [3.8, 4) is 11.8 Å². The molecule has 6 aromatic rings. The second kappa shape index (κ2) is 8.91. The summed E-state index contributed by atoms with van der Waals surface area (Å²) < 4.78 is 11.0. The Balaban J connectivity index is 1.47. The quantitative estimate of drug-likeness (QED) is 0.318. The molecule has 4 heterocycles. The van der Waals surface area contributed by atoms with E-state index in [2.05, 4.69) is 16.3 Å². The first-order chi connectivity index (χ1) is 17.7. The molecule has 6 rings (SSSR count). The number of rotatable bonds is 6. The molecule has 0 aliphatic rings. The van der Waals surface area contributed by atoms with E-state index >= 15 is 0 Å². The lowest BCUT2D eigenvalue weighted by atomic mass is 10.2. The molecule has 36 heavy (non-hydrogen) atoms. The number of nitriles is 1. The van der Waals surface area contributed by atoms with Crippen molar-refractivity contribution in [2.75, 3.05) is 7.11 Å². The molecule has 0 saturated carbocycles. The SMILES string of the molecule is COc1ccccc1Cn1c(=O)c2ccccc2n2c(SCc3cn4ccccc4c3C#N)nnc12. The number of thioether (sulfide) groups is 1. The monoisotopic (exact) mass is 492 g/mol. The maximum atomic E-state index is 13.5. The number of aromatic nitrogens is 5. The van der Waals surface area contributed by atoms with Crippen molar-refractivity contribution in [1.82, 2.24) is 23.6 Å². The van der Waals surface area contributed by atoms with Crippen molar-refractivity contribution in [3.63, 3.8) is 0 Å². The first-order valence-electron chi connectivity index (χ1n) is 11.3. The van der Waals surface area contributed by atoms with Crippen LogP contribution in [0.15, 0.2) is 89.1 Å². The van der Waals surface area contributed by atoms with Crippen LogP contribution in [0.4, 0.5) is 0 Å². The lowest BCUT2D eigenvalue weighted by Crippen LogP contribution is -2.24. The molecule has 0 aliphatic carbocycles. The number of para-hydroxylation sites is 2. The molecule has 0 unspecified atom stereocenters. The van der Waals surface area contributed by atoms with E-state index in [1.165, 1.54) is 11.8 Å². The van der Waals surface area contributed by atoms with Crippen LogP contribution in [-0.2, 0) is 12.3 Å². The fraction of sp³-hybridized carbons (Fsp3) is 0.111. The van der Waals surface area contributed by atoms with Gasteiger partial charge in [-0.15, -0.1) is 10.2 Å². The van der Waals surface area contributed by atoms with Crippen LogP contribution in [0, 0.1) is 11.3 Å². The molecule has 0 bridgehead atoms. The lowest BCUT2D eigenvalue weighted by molar-refractivity contribution is 0.408. The molecular weight excluding hydrogens is 472 g/mol. The zero-order valence-corrected chi connectivity index (χ0v) is 20.1. The van der Waals surface area contributed by atoms with Crippen LogP contribution < -0.4 is 10.3 Å². The summed E-state index contributed by atoms with van der Waals surface area (Å²) in [7, 11) is 1.62. The number of fused-ring (bicyclic) bond motifs is 4. The van der Waals surface area contributed by atoms with Crippen LogP contribution in [-0.4, -0.2) is 30.7 Å². The van der Waals surface area contributed by atoms with E-state index in [0.717, 1.165) is 22.2 Å². The van der Waals surface area contributed by atoms with Gasteiger partial charge in [-0.1, -0.05) is 48.2 Å². The third-order valence-corrected chi connectivity index (χ3v) is 7.21. The van der Waals surface area contributed by atoms with E-state index in [4.69, 9.17) is 4.74 Å². The third-order valence-electron chi connectivity index (χ3n) is 6.23. The number of nitrogens with zero attached hydrogens (tertiary/aromatic N) is 6. The van der Waals surface area contributed by atoms with Gasteiger partial charge < -0.3 is 9.14 Å². The number of hydrogen-bond acceptors (Lipinski definition) is 6. The summed E-state index contributed by atoms with van der Waals surface area (Å²) >= 11 is 1.48. The zero-order valence-electron chi connectivity index (χ0n) is 19.3. The van der Waals surface area contributed by atoms with Gasteiger partial charge in [-0.25, -0.2) is 0 Å². The summed E-state index contributed by atoms with van der Waals surface area (Å²) in [5.41, 5.74) is 3.91. The molecule has 0 fully saturated rings. The first kappa shape index (κ1) is 21.9. The van der Waals surface area contributed by atoms with Crippen molar-refractivity contribution in [1.29, 1.82) is 5.26 Å². The van der Waals surface area contributed by atoms with Gasteiger partial charge in [0.05, 0.1) is 35.6 Å². The summed E-state index contributed by atoms with van der Waals surface area (Å²) in [6.07, 6.45) is 3.90. The van der Waals surface area contributed by atoms with Crippen molar-refractivity contribution in [3.05, 3.63) is 106 Å². The first-order valence-corrected chi connectivity index (χ1v) is 12.3. The van der Waals surface area contributed by atoms with E-state index in [9.17, 15) is 10.1 Å². The summed E-state index contributed by atoms with van der Waals surface area (Å²) in [5.74, 6) is 1.69. The van der Waals surface area contributed by atoms with Crippen molar-refractivity contribution < 1.29 is 4.74 Å². The van der Waals surface area contributed by atoms with Crippen molar-refractivity contribution in [2.45, 2.75) is 17.5 Å². The Bertz CT molecular complexity index is 1860. The Hall–Kier alpha value is -4.55. The van der Waals surface area contributed by atoms with Crippen LogP contribution in [0.2, 0.25) is 0 Å². The van der Waals surface area contributed by atoms with Gasteiger partial charge in [0.1, 0.15) is 11.8 Å². The Kier molecular flexibility index (Phi) is 5.43. The van der Waals surface area contributed by atoms with E-state index in [1.807, 2.05) is 87.9 Å². The van der Waals surface area contributed by atoms with Gasteiger partial charge in [-0.2, -0.15) is 5.26 Å². The molecule has 0 saturated heterocycles. The van der Waals surface area contributed by atoms with Gasteiger partial charge in [-0.05, 0) is 35.9 Å². The van der Waals surface area contributed by atoms with Gasteiger partial charge in [0.15, 0.2) is 5.16 Å². The van der Waals surface area contributed by atoms with Crippen LogP contribution in [0.5, 0.6) is 5.75 Å². The predicted molar refractivity (Wildman–Crippen MR) is 139 cm³/mol. The zero-order chi connectivity index (χ0) is 24.6. The Morgan fingerprint density at radius 3 is 2.61 bits per heavy atom. The molecule has 176 valence electrons. The molecule has 0 radical (unpaired) electrons. The molecular formula is C27H20N6O2S. The highest BCUT2D eigenvalue weighted by atomic mass is 32.2. The van der Waals surface area contributed by atoms with Crippen molar-refractivity contribution in [2.24, 2.45) is 0 Å². The third kappa shape index (κ3) is 3.51. The fourth-order valence-corrected chi connectivity index (χ4v) is 5.44. The van der Waals surface area contributed by atoms with Crippen LogP contribution >= 0.6 is 11.8 Å². The molecule has 0 N–H and O–H groups in total. The average Bonchev–Trinajstić information content (AvgIpc) is 3.51. The lowest BCUT2D eigenvalue weighted by Gasteiger charge is -2.13. The fourth-order valence-electron chi connectivity index (χ4n) is 4.53. The minimum absolute atomic E-state index is 0.140. The van der Waals surface area contributed by atoms with Crippen LogP contribution in [0.1, 0.15) is 16.7 Å². The summed E-state index contributed by atoms with van der Waals surface area (Å²) in [5, 5.41) is 19.9. The molecule has 0 spiro atoms. The molecule has 4 aromatic heterocycles. The second-order valence-electron chi connectivity index (χ2n) is 8.26. The smallest absolute Gasteiger partial charge is 0.263 e. The van der Waals surface area contributed by atoms with Gasteiger partial charge in [0.2, 0.25) is 5.78 Å².